The van der Waals surface area contributed by atoms with E-state index in [1.807, 2.05) is 24.3 Å². The summed E-state index contributed by atoms with van der Waals surface area (Å²) in [7, 11) is 1.59. The second kappa shape index (κ2) is 9.52. The van der Waals surface area contributed by atoms with Crippen molar-refractivity contribution in [1.82, 2.24) is 4.98 Å². The van der Waals surface area contributed by atoms with Gasteiger partial charge in [0.2, 0.25) is 17.7 Å². The second-order valence-electron chi connectivity index (χ2n) is 7.34. The monoisotopic (exact) mass is 397 g/mol. The third-order valence-electron chi connectivity index (χ3n) is 4.90. The number of carbonyl (C=O) groups is 2. The minimum absolute atomic E-state index is 0.0474. The minimum Gasteiger partial charge on any atom is -0.474 e. The van der Waals surface area contributed by atoms with Gasteiger partial charge in [-0.05, 0) is 35.7 Å². The van der Waals surface area contributed by atoms with Gasteiger partial charge in [-0.2, -0.15) is 0 Å². The Kier molecular flexibility index (Phi) is 6.82. The topological polar surface area (TPSA) is 80.8 Å². The van der Waals surface area contributed by atoms with E-state index in [4.69, 9.17) is 9.47 Å². The lowest BCUT2D eigenvalue weighted by atomic mass is 10.0. The first kappa shape index (κ1) is 20.8. The number of methoxy groups -OCH3 is 1. The van der Waals surface area contributed by atoms with Crippen molar-refractivity contribution in [2.75, 3.05) is 37.1 Å². The van der Waals surface area contributed by atoms with Crippen LogP contribution < -0.4 is 15.0 Å². The molecule has 3 rings (SSSR count). The van der Waals surface area contributed by atoms with E-state index in [2.05, 4.69) is 24.1 Å². The lowest BCUT2D eigenvalue weighted by molar-refractivity contribution is -0.122. The van der Waals surface area contributed by atoms with Gasteiger partial charge in [0.05, 0.1) is 12.5 Å². The molecular formula is C22H27N3O4. The number of rotatable bonds is 8. The van der Waals surface area contributed by atoms with Crippen molar-refractivity contribution >= 4 is 23.2 Å². The molecule has 0 saturated carbocycles. The average Bonchev–Trinajstić information content (AvgIpc) is 3.11. The maximum atomic E-state index is 12.8. The fourth-order valence-electron chi connectivity index (χ4n) is 3.24. The maximum Gasteiger partial charge on any atom is 0.237 e. The summed E-state index contributed by atoms with van der Waals surface area (Å²) in [6.07, 6.45) is 1.78. The van der Waals surface area contributed by atoms with E-state index in [0.29, 0.717) is 37.2 Å². The number of nitrogens with zero attached hydrogens (tertiary/aromatic N) is 2. The molecule has 154 valence electrons. The molecule has 1 fully saturated rings. The van der Waals surface area contributed by atoms with Crippen LogP contribution in [-0.2, 0) is 14.3 Å². The molecule has 29 heavy (non-hydrogen) atoms. The molecule has 0 spiro atoms. The molecule has 0 aliphatic carbocycles. The first-order chi connectivity index (χ1) is 14.0. The third kappa shape index (κ3) is 5.12. The molecule has 1 aromatic carbocycles. The van der Waals surface area contributed by atoms with Gasteiger partial charge in [-0.1, -0.05) is 26.0 Å². The van der Waals surface area contributed by atoms with Gasteiger partial charge in [0, 0.05) is 32.0 Å². The van der Waals surface area contributed by atoms with Gasteiger partial charge in [-0.25, -0.2) is 4.98 Å². The SMILES string of the molecule is COCCOc1ncccc1NC(=O)C1CC(=O)N(c2cccc(C(C)C)c2)C1. The van der Waals surface area contributed by atoms with Gasteiger partial charge in [0.1, 0.15) is 12.3 Å². The van der Waals surface area contributed by atoms with Crippen LogP contribution in [0.4, 0.5) is 11.4 Å². The van der Waals surface area contributed by atoms with Crippen LogP contribution in [0, 0.1) is 5.92 Å². The van der Waals surface area contributed by atoms with Crippen LogP contribution in [0.25, 0.3) is 0 Å². The number of hydrogen-bond donors (Lipinski definition) is 1. The van der Waals surface area contributed by atoms with Gasteiger partial charge in [-0.15, -0.1) is 0 Å². The standard InChI is InChI=1S/C22H27N3O4/c1-15(2)16-6-4-7-18(12-16)25-14-17(13-20(25)26)21(27)24-19-8-5-9-23-22(19)29-11-10-28-3/h4-9,12,15,17H,10-11,13-14H2,1-3H3,(H,24,27). The van der Waals surface area contributed by atoms with Crippen LogP contribution >= 0.6 is 0 Å². The largest absolute Gasteiger partial charge is 0.474 e. The predicted molar refractivity (Wildman–Crippen MR) is 111 cm³/mol. The molecule has 2 heterocycles. The number of aromatic nitrogens is 1. The summed E-state index contributed by atoms with van der Waals surface area (Å²) in [5, 5.41) is 2.86. The van der Waals surface area contributed by atoms with Gasteiger partial charge in [-0.3, -0.25) is 9.59 Å². The van der Waals surface area contributed by atoms with E-state index in [0.717, 1.165) is 11.3 Å². The summed E-state index contributed by atoms with van der Waals surface area (Å²) < 4.78 is 10.5. The summed E-state index contributed by atoms with van der Waals surface area (Å²) in [4.78, 5) is 31.2. The summed E-state index contributed by atoms with van der Waals surface area (Å²) in [5.74, 6) is 0.00841. The first-order valence-corrected chi connectivity index (χ1v) is 9.77. The quantitative estimate of drug-likeness (QED) is 0.692. The van der Waals surface area contributed by atoms with E-state index < -0.39 is 5.92 Å². The zero-order valence-electron chi connectivity index (χ0n) is 17.1. The van der Waals surface area contributed by atoms with Crippen LogP contribution in [-0.4, -0.2) is 43.7 Å². The van der Waals surface area contributed by atoms with Crippen LogP contribution in [0.5, 0.6) is 5.88 Å². The lowest BCUT2D eigenvalue weighted by Gasteiger charge is -2.18. The molecule has 2 aromatic rings. The molecule has 0 radical (unpaired) electrons. The Bertz CT molecular complexity index is 869. The Hall–Kier alpha value is -2.93. The van der Waals surface area contributed by atoms with Crippen molar-refractivity contribution in [1.29, 1.82) is 0 Å². The number of benzene rings is 1. The number of hydrogen-bond acceptors (Lipinski definition) is 5. The van der Waals surface area contributed by atoms with E-state index in [1.165, 1.54) is 0 Å². The number of carbonyl (C=O) groups excluding carboxylic acids is 2. The average molecular weight is 397 g/mol. The summed E-state index contributed by atoms with van der Waals surface area (Å²) in [5.41, 5.74) is 2.49. The fourth-order valence-corrected chi connectivity index (χ4v) is 3.24. The molecule has 1 aromatic heterocycles. The van der Waals surface area contributed by atoms with Crippen LogP contribution in [0.2, 0.25) is 0 Å². The van der Waals surface area contributed by atoms with Gasteiger partial charge in [0.25, 0.3) is 0 Å². The molecule has 7 nitrogen and oxygen atoms in total. The number of nitrogens with one attached hydrogen (secondary N) is 1. The third-order valence-corrected chi connectivity index (χ3v) is 4.90. The number of ether oxygens (including phenoxy) is 2. The van der Waals surface area contributed by atoms with Crippen molar-refractivity contribution in [3.05, 3.63) is 48.2 Å². The summed E-state index contributed by atoms with van der Waals surface area (Å²) in [6.45, 7) is 5.33. The maximum absolute atomic E-state index is 12.8. The highest BCUT2D eigenvalue weighted by Crippen LogP contribution is 2.29. The highest BCUT2D eigenvalue weighted by Gasteiger charge is 2.35. The Morgan fingerprint density at radius 3 is 2.86 bits per heavy atom. The molecule has 1 aliphatic rings. The van der Waals surface area contributed by atoms with Crippen molar-refractivity contribution in [2.24, 2.45) is 5.92 Å². The zero-order valence-corrected chi connectivity index (χ0v) is 17.1. The van der Waals surface area contributed by atoms with Gasteiger partial charge >= 0.3 is 0 Å². The van der Waals surface area contributed by atoms with E-state index in [1.54, 1.807) is 30.3 Å². The molecule has 1 saturated heterocycles. The Morgan fingerprint density at radius 2 is 2.10 bits per heavy atom. The lowest BCUT2D eigenvalue weighted by Crippen LogP contribution is -2.28. The van der Waals surface area contributed by atoms with Crippen molar-refractivity contribution < 1.29 is 19.1 Å². The molecule has 1 atom stereocenters. The number of amides is 2. The predicted octanol–water partition coefficient (Wildman–Crippen LogP) is 3.22. The first-order valence-electron chi connectivity index (χ1n) is 9.77. The van der Waals surface area contributed by atoms with E-state index >= 15 is 0 Å². The Balaban J connectivity index is 1.68. The number of pyridine rings is 1. The minimum atomic E-state index is -0.433. The smallest absolute Gasteiger partial charge is 0.237 e. The molecule has 1 aliphatic heterocycles. The highest BCUT2D eigenvalue weighted by atomic mass is 16.5. The Labute approximate surface area is 171 Å². The van der Waals surface area contributed by atoms with Crippen LogP contribution in [0.15, 0.2) is 42.6 Å². The van der Waals surface area contributed by atoms with E-state index in [-0.39, 0.29) is 18.2 Å². The zero-order chi connectivity index (χ0) is 20.8. The fraction of sp³-hybridized carbons (Fsp3) is 0.409. The number of anilines is 2. The second-order valence-corrected chi connectivity index (χ2v) is 7.34. The van der Waals surface area contributed by atoms with Crippen LogP contribution in [0.3, 0.4) is 0 Å². The molecule has 2 amide bonds. The molecular weight excluding hydrogens is 370 g/mol. The van der Waals surface area contributed by atoms with Crippen molar-refractivity contribution in [3.63, 3.8) is 0 Å². The van der Waals surface area contributed by atoms with Crippen molar-refractivity contribution in [2.45, 2.75) is 26.2 Å². The van der Waals surface area contributed by atoms with Gasteiger partial charge < -0.3 is 19.7 Å². The van der Waals surface area contributed by atoms with Gasteiger partial charge in [0.15, 0.2) is 0 Å². The molecule has 1 N–H and O–H groups in total. The van der Waals surface area contributed by atoms with Crippen molar-refractivity contribution in [3.8, 4) is 5.88 Å². The molecule has 0 bridgehead atoms. The molecule has 1 unspecified atom stereocenters. The van der Waals surface area contributed by atoms with E-state index in [9.17, 15) is 9.59 Å². The highest BCUT2D eigenvalue weighted by molar-refractivity contribution is 6.03. The Morgan fingerprint density at radius 1 is 1.28 bits per heavy atom. The normalized spacial score (nSPS) is 16.3. The summed E-state index contributed by atoms with van der Waals surface area (Å²) >= 11 is 0. The summed E-state index contributed by atoms with van der Waals surface area (Å²) in [6, 6.07) is 11.4. The van der Waals surface area contributed by atoms with Crippen LogP contribution in [0.1, 0.15) is 31.7 Å². The molecule has 7 heteroatoms.